The molecule has 2 N–H and O–H groups in total. The highest BCUT2D eigenvalue weighted by Crippen LogP contribution is 2.17. The van der Waals surface area contributed by atoms with Gasteiger partial charge in [-0.3, -0.25) is 0 Å². The zero-order chi connectivity index (χ0) is 11.4. The number of phenols is 1. The van der Waals surface area contributed by atoms with Crippen molar-refractivity contribution in [2.75, 3.05) is 5.32 Å². The third kappa shape index (κ3) is 2.54. The summed E-state index contributed by atoms with van der Waals surface area (Å²) in [6, 6.07) is 15.4. The van der Waals surface area contributed by atoms with E-state index in [1.54, 1.807) is 12.1 Å². The molecule has 0 spiro atoms. The van der Waals surface area contributed by atoms with Crippen molar-refractivity contribution in [2.24, 2.45) is 0 Å². The van der Waals surface area contributed by atoms with Gasteiger partial charge in [-0.25, -0.2) is 0 Å². The van der Waals surface area contributed by atoms with Crippen LogP contribution >= 0.6 is 0 Å². The summed E-state index contributed by atoms with van der Waals surface area (Å²) in [6.45, 7) is 2.87. The van der Waals surface area contributed by atoms with Crippen LogP contribution in [0.3, 0.4) is 0 Å². The SMILES string of the molecule is Cc1ccccc1CNc1cccc(O)c1. The van der Waals surface area contributed by atoms with Gasteiger partial charge in [0.25, 0.3) is 0 Å². The van der Waals surface area contributed by atoms with E-state index in [2.05, 4.69) is 24.4 Å². The van der Waals surface area contributed by atoms with Crippen molar-refractivity contribution in [3.8, 4) is 5.75 Å². The van der Waals surface area contributed by atoms with Gasteiger partial charge in [-0.15, -0.1) is 0 Å². The Morgan fingerprint density at radius 1 is 1.06 bits per heavy atom. The fourth-order valence-electron chi connectivity index (χ4n) is 1.62. The van der Waals surface area contributed by atoms with Crippen molar-refractivity contribution in [1.29, 1.82) is 0 Å². The molecule has 0 saturated carbocycles. The van der Waals surface area contributed by atoms with Crippen molar-refractivity contribution < 1.29 is 5.11 Å². The van der Waals surface area contributed by atoms with Crippen LogP contribution in [0.2, 0.25) is 0 Å². The summed E-state index contributed by atoms with van der Waals surface area (Å²) in [5.74, 6) is 0.287. The molecule has 2 rings (SSSR count). The molecule has 0 heterocycles. The summed E-state index contributed by atoms with van der Waals surface area (Å²) < 4.78 is 0. The second-order valence-electron chi connectivity index (χ2n) is 3.83. The van der Waals surface area contributed by atoms with Crippen LogP contribution < -0.4 is 5.32 Å². The quantitative estimate of drug-likeness (QED) is 0.819. The standard InChI is InChI=1S/C14H15NO/c1-11-5-2-3-6-12(11)10-15-13-7-4-8-14(16)9-13/h2-9,15-16H,10H2,1H3. The number of nitrogens with one attached hydrogen (secondary N) is 1. The van der Waals surface area contributed by atoms with Gasteiger partial charge in [0.1, 0.15) is 5.75 Å². The first-order chi connectivity index (χ1) is 7.75. The molecule has 0 aliphatic rings. The summed E-state index contributed by atoms with van der Waals surface area (Å²) >= 11 is 0. The van der Waals surface area contributed by atoms with E-state index in [1.165, 1.54) is 11.1 Å². The predicted octanol–water partition coefficient (Wildman–Crippen LogP) is 3.31. The lowest BCUT2D eigenvalue weighted by molar-refractivity contribution is 0.475. The first-order valence-corrected chi connectivity index (χ1v) is 5.33. The van der Waals surface area contributed by atoms with Gasteiger partial charge in [0.15, 0.2) is 0 Å². The predicted molar refractivity (Wildman–Crippen MR) is 66.6 cm³/mol. The lowest BCUT2D eigenvalue weighted by Gasteiger charge is -2.08. The van der Waals surface area contributed by atoms with Crippen LogP contribution in [-0.4, -0.2) is 5.11 Å². The van der Waals surface area contributed by atoms with Gasteiger partial charge in [-0.2, -0.15) is 0 Å². The maximum atomic E-state index is 9.32. The highest BCUT2D eigenvalue weighted by atomic mass is 16.3. The first kappa shape index (κ1) is 10.6. The topological polar surface area (TPSA) is 32.3 Å². The Morgan fingerprint density at radius 3 is 2.62 bits per heavy atom. The minimum Gasteiger partial charge on any atom is -0.508 e. The molecule has 2 heteroatoms. The first-order valence-electron chi connectivity index (χ1n) is 5.33. The molecule has 0 atom stereocenters. The summed E-state index contributed by atoms with van der Waals surface area (Å²) in [5, 5.41) is 12.6. The van der Waals surface area contributed by atoms with Crippen LogP contribution in [0.15, 0.2) is 48.5 Å². The molecule has 0 unspecified atom stereocenters. The summed E-state index contributed by atoms with van der Waals surface area (Å²) in [4.78, 5) is 0. The number of hydrogen-bond acceptors (Lipinski definition) is 2. The molecule has 0 radical (unpaired) electrons. The highest BCUT2D eigenvalue weighted by Gasteiger charge is 1.97. The van der Waals surface area contributed by atoms with Gasteiger partial charge in [0.2, 0.25) is 0 Å². The summed E-state index contributed by atoms with van der Waals surface area (Å²) in [7, 11) is 0. The van der Waals surface area contributed by atoms with Crippen molar-refractivity contribution in [1.82, 2.24) is 0 Å². The second-order valence-corrected chi connectivity index (χ2v) is 3.83. The maximum absolute atomic E-state index is 9.32. The van der Waals surface area contributed by atoms with E-state index in [4.69, 9.17) is 0 Å². The molecule has 82 valence electrons. The normalized spacial score (nSPS) is 10.1. The molecule has 0 saturated heterocycles. The van der Waals surface area contributed by atoms with E-state index in [-0.39, 0.29) is 5.75 Å². The van der Waals surface area contributed by atoms with Crippen LogP contribution in [0.5, 0.6) is 5.75 Å². The third-order valence-electron chi connectivity index (χ3n) is 2.59. The number of aromatic hydroxyl groups is 1. The van der Waals surface area contributed by atoms with Crippen molar-refractivity contribution in [3.05, 3.63) is 59.7 Å². The molecule has 2 nitrogen and oxygen atoms in total. The smallest absolute Gasteiger partial charge is 0.117 e. The number of hydrogen-bond donors (Lipinski definition) is 2. The molecule has 0 aromatic heterocycles. The summed E-state index contributed by atoms with van der Waals surface area (Å²) in [5.41, 5.74) is 3.48. The molecule has 2 aromatic carbocycles. The Morgan fingerprint density at radius 2 is 1.88 bits per heavy atom. The highest BCUT2D eigenvalue weighted by molar-refractivity contribution is 5.48. The molecule has 2 aromatic rings. The monoisotopic (exact) mass is 213 g/mol. The fourth-order valence-corrected chi connectivity index (χ4v) is 1.62. The Kier molecular flexibility index (Phi) is 3.10. The van der Waals surface area contributed by atoms with Gasteiger partial charge >= 0.3 is 0 Å². The van der Waals surface area contributed by atoms with E-state index in [0.29, 0.717) is 0 Å². The molecule has 0 fully saturated rings. The van der Waals surface area contributed by atoms with E-state index in [1.807, 2.05) is 24.3 Å². The summed E-state index contributed by atoms with van der Waals surface area (Å²) in [6.07, 6.45) is 0. The van der Waals surface area contributed by atoms with Crippen LogP contribution in [0, 0.1) is 6.92 Å². The van der Waals surface area contributed by atoms with E-state index >= 15 is 0 Å². The zero-order valence-corrected chi connectivity index (χ0v) is 9.27. The number of anilines is 1. The van der Waals surface area contributed by atoms with Crippen molar-refractivity contribution in [3.63, 3.8) is 0 Å². The van der Waals surface area contributed by atoms with Crippen molar-refractivity contribution >= 4 is 5.69 Å². The fraction of sp³-hybridized carbons (Fsp3) is 0.143. The van der Waals surface area contributed by atoms with Crippen LogP contribution in [0.25, 0.3) is 0 Å². The van der Waals surface area contributed by atoms with Gasteiger partial charge in [-0.1, -0.05) is 30.3 Å². The van der Waals surface area contributed by atoms with Gasteiger partial charge < -0.3 is 10.4 Å². The average Bonchev–Trinajstić information content (AvgIpc) is 2.28. The minimum absolute atomic E-state index is 0.287. The van der Waals surface area contributed by atoms with Gasteiger partial charge in [0, 0.05) is 18.3 Å². The van der Waals surface area contributed by atoms with E-state index in [9.17, 15) is 5.11 Å². The lowest BCUT2D eigenvalue weighted by Crippen LogP contribution is -2.00. The number of phenolic OH excluding ortho intramolecular Hbond substituents is 1. The van der Waals surface area contributed by atoms with E-state index < -0.39 is 0 Å². The van der Waals surface area contributed by atoms with Crippen LogP contribution in [0.1, 0.15) is 11.1 Å². The number of aryl methyl sites for hydroxylation is 1. The zero-order valence-electron chi connectivity index (χ0n) is 9.27. The largest absolute Gasteiger partial charge is 0.508 e. The molecule has 16 heavy (non-hydrogen) atoms. The molecular formula is C14H15NO. The number of benzene rings is 2. The molecule has 0 aliphatic heterocycles. The Labute approximate surface area is 95.6 Å². The minimum atomic E-state index is 0.287. The molecule has 0 amide bonds. The van der Waals surface area contributed by atoms with Crippen molar-refractivity contribution in [2.45, 2.75) is 13.5 Å². The Hall–Kier alpha value is -1.96. The Balaban J connectivity index is 2.05. The maximum Gasteiger partial charge on any atom is 0.117 e. The second kappa shape index (κ2) is 4.71. The van der Waals surface area contributed by atoms with Crippen LogP contribution in [-0.2, 0) is 6.54 Å². The van der Waals surface area contributed by atoms with Gasteiger partial charge in [-0.05, 0) is 30.2 Å². The number of rotatable bonds is 3. The molecular weight excluding hydrogens is 198 g/mol. The van der Waals surface area contributed by atoms with E-state index in [0.717, 1.165) is 12.2 Å². The molecule has 0 aliphatic carbocycles. The van der Waals surface area contributed by atoms with Crippen LogP contribution in [0.4, 0.5) is 5.69 Å². The third-order valence-corrected chi connectivity index (χ3v) is 2.59. The van der Waals surface area contributed by atoms with Gasteiger partial charge in [0.05, 0.1) is 0 Å². The average molecular weight is 213 g/mol. The Bertz CT molecular complexity index is 480. The lowest BCUT2D eigenvalue weighted by atomic mass is 10.1. The molecule has 0 bridgehead atoms.